The molecule has 0 saturated carbocycles. The van der Waals surface area contributed by atoms with E-state index in [0.29, 0.717) is 6.04 Å². The Morgan fingerprint density at radius 3 is 2.84 bits per heavy atom. The third-order valence-electron chi connectivity index (χ3n) is 2.79. The third kappa shape index (κ3) is 4.03. The van der Waals surface area contributed by atoms with Crippen molar-refractivity contribution in [3.05, 3.63) is 35.7 Å². The van der Waals surface area contributed by atoms with Crippen LogP contribution >= 0.6 is 23.3 Å². The molecule has 1 aromatic carbocycles. The third-order valence-corrected chi connectivity index (χ3v) is 4.73. The maximum atomic E-state index is 4.42. The number of aromatic nitrogens is 2. The zero-order valence-electron chi connectivity index (χ0n) is 11.5. The van der Waals surface area contributed by atoms with Crippen LogP contribution in [-0.4, -0.2) is 15.9 Å². The smallest absolute Gasteiger partial charge is 0.174 e. The number of nitrogens with one attached hydrogen (secondary N) is 1. The highest BCUT2D eigenvalue weighted by Gasteiger charge is 2.12. The number of nitrogens with zero attached hydrogens (tertiary/aromatic N) is 2. The van der Waals surface area contributed by atoms with Crippen LogP contribution in [-0.2, 0) is 0 Å². The van der Waals surface area contributed by atoms with E-state index in [-0.39, 0.29) is 0 Å². The van der Waals surface area contributed by atoms with Crippen molar-refractivity contribution in [3.63, 3.8) is 0 Å². The van der Waals surface area contributed by atoms with E-state index in [1.54, 1.807) is 11.8 Å². The molecule has 1 heterocycles. The van der Waals surface area contributed by atoms with E-state index in [1.807, 2.05) is 6.92 Å². The van der Waals surface area contributed by atoms with Crippen LogP contribution in [0.5, 0.6) is 0 Å². The number of aryl methyl sites for hydroxylation is 1. The zero-order valence-corrected chi connectivity index (χ0v) is 13.1. The normalized spacial score (nSPS) is 12.6. The van der Waals surface area contributed by atoms with Gasteiger partial charge < -0.3 is 5.32 Å². The molecule has 2 aromatic rings. The molecular formula is C14H19N3S2. The van der Waals surface area contributed by atoms with Crippen LogP contribution in [0, 0.1) is 6.92 Å². The lowest BCUT2D eigenvalue weighted by atomic mass is 10.1. The minimum absolute atomic E-state index is 0.359. The molecule has 0 aliphatic carbocycles. The number of hydrogen-bond acceptors (Lipinski definition) is 5. The molecule has 0 saturated heterocycles. The zero-order chi connectivity index (χ0) is 13.7. The van der Waals surface area contributed by atoms with Crippen LogP contribution in [0.1, 0.15) is 37.7 Å². The predicted molar refractivity (Wildman–Crippen MR) is 81.9 cm³/mol. The van der Waals surface area contributed by atoms with E-state index in [9.17, 15) is 0 Å². The summed E-state index contributed by atoms with van der Waals surface area (Å²) in [6.45, 7) is 7.36. The number of benzene rings is 1. The van der Waals surface area contributed by atoms with Crippen molar-refractivity contribution in [2.45, 2.75) is 42.5 Å². The summed E-state index contributed by atoms with van der Waals surface area (Å²) in [7, 11) is 0. The van der Waals surface area contributed by atoms with Gasteiger partial charge in [-0.3, -0.25) is 0 Å². The lowest BCUT2D eigenvalue weighted by Crippen LogP contribution is -2.19. The Morgan fingerprint density at radius 1 is 1.37 bits per heavy atom. The molecule has 1 unspecified atom stereocenters. The topological polar surface area (TPSA) is 37.8 Å². The van der Waals surface area contributed by atoms with Gasteiger partial charge in [0.2, 0.25) is 0 Å². The Kier molecular flexibility index (Phi) is 5.36. The van der Waals surface area contributed by atoms with Crippen molar-refractivity contribution in [2.24, 2.45) is 0 Å². The molecule has 19 heavy (non-hydrogen) atoms. The predicted octanol–water partition coefficient (Wildman–Crippen LogP) is 4.06. The maximum absolute atomic E-state index is 4.42. The first-order chi connectivity index (χ1) is 9.20. The summed E-state index contributed by atoms with van der Waals surface area (Å²) in [6, 6.07) is 8.86. The Morgan fingerprint density at radius 2 is 2.16 bits per heavy atom. The quantitative estimate of drug-likeness (QED) is 0.871. The van der Waals surface area contributed by atoms with Gasteiger partial charge >= 0.3 is 0 Å². The van der Waals surface area contributed by atoms with Crippen molar-refractivity contribution in [3.8, 4) is 0 Å². The van der Waals surface area contributed by atoms with E-state index in [1.165, 1.54) is 22.0 Å². The van der Waals surface area contributed by atoms with Crippen LogP contribution in [0.25, 0.3) is 0 Å². The molecule has 0 bridgehead atoms. The average molecular weight is 293 g/mol. The molecule has 0 fully saturated rings. The van der Waals surface area contributed by atoms with Gasteiger partial charge in [0.1, 0.15) is 5.82 Å². The van der Waals surface area contributed by atoms with Gasteiger partial charge in [-0.1, -0.05) is 36.9 Å². The first-order valence-electron chi connectivity index (χ1n) is 6.51. The standard InChI is InChI=1S/C14H19N3S2/c1-4-9-15-10(2)12-7-5-6-8-13(12)18-14-16-11(3)17-19-14/h5-8,10,15H,4,9H2,1-3H3. The van der Waals surface area contributed by atoms with E-state index < -0.39 is 0 Å². The molecule has 1 N–H and O–H groups in total. The van der Waals surface area contributed by atoms with Crippen molar-refractivity contribution in [1.82, 2.24) is 14.7 Å². The Bertz CT molecular complexity index is 525. The van der Waals surface area contributed by atoms with Crippen LogP contribution in [0.3, 0.4) is 0 Å². The van der Waals surface area contributed by atoms with E-state index in [4.69, 9.17) is 0 Å². The van der Waals surface area contributed by atoms with Gasteiger partial charge in [-0.05, 0) is 50.0 Å². The second-order valence-corrected chi connectivity index (χ2v) is 6.46. The molecule has 1 aromatic heterocycles. The monoisotopic (exact) mass is 293 g/mol. The molecule has 2 rings (SSSR count). The highest BCUT2D eigenvalue weighted by atomic mass is 32.2. The number of hydrogen-bond donors (Lipinski definition) is 1. The lowest BCUT2D eigenvalue weighted by molar-refractivity contribution is 0.564. The second-order valence-electron chi connectivity index (χ2n) is 4.42. The fourth-order valence-corrected chi connectivity index (χ4v) is 3.64. The Hall–Kier alpha value is -0.910. The first kappa shape index (κ1) is 14.5. The van der Waals surface area contributed by atoms with Gasteiger partial charge in [0, 0.05) is 10.9 Å². The largest absolute Gasteiger partial charge is 0.310 e. The van der Waals surface area contributed by atoms with Crippen LogP contribution < -0.4 is 5.32 Å². The van der Waals surface area contributed by atoms with Crippen LogP contribution in [0.4, 0.5) is 0 Å². The molecule has 102 valence electrons. The summed E-state index contributed by atoms with van der Waals surface area (Å²) in [5, 5.41) is 3.53. The number of rotatable bonds is 6. The van der Waals surface area contributed by atoms with E-state index >= 15 is 0 Å². The summed E-state index contributed by atoms with van der Waals surface area (Å²) in [6.07, 6.45) is 1.15. The maximum Gasteiger partial charge on any atom is 0.174 e. The summed E-state index contributed by atoms with van der Waals surface area (Å²) in [5.74, 6) is 0.849. The molecule has 0 aliphatic heterocycles. The summed E-state index contributed by atoms with van der Waals surface area (Å²) < 4.78 is 5.24. The average Bonchev–Trinajstić information content (AvgIpc) is 2.82. The highest BCUT2D eigenvalue weighted by molar-refractivity contribution is 8.01. The summed E-state index contributed by atoms with van der Waals surface area (Å²) in [4.78, 5) is 5.68. The minimum Gasteiger partial charge on any atom is -0.310 e. The molecule has 1 atom stereocenters. The van der Waals surface area contributed by atoms with Gasteiger partial charge in [-0.2, -0.15) is 4.37 Å². The van der Waals surface area contributed by atoms with E-state index in [2.05, 4.69) is 52.8 Å². The summed E-state index contributed by atoms with van der Waals surface area (Å²) >= 11 is 3.17. The SMILES string of the molecule is CCCNC(C)c1ccccc1Sc1nc(C)ns1. The van der Waals surface area contributed by atoms with Gasteiger partial charge in [0.05, 0.1) is 0 Å². The van der Waals surface area contributed by atoms with E-state index in [0.717, 1.165) is 23.1 Å². The van der Waals surface area contributed by atoms with Crippen molar-refractivity contribution >= 4 is 23.3 Å². The summed E-state index contributed by atoms with van der Waals surface area (Å²) in [5.41, 5.74) is 1.33. The van der Waals surface area contributed by atoms with Crippen molar-refractivity contribution < 1.29 is 0 Å². The molecule has 0 aliphatic rings. The van der Waals surface area contributed by atoms with Crippen LogP contribution in [0.2, 0.25) is 0 Å². The fraction of sp³-hybridized carbons (Fsp3) is 0.429. The molecule has 3 nitrogen and oxygen atoms in total. The minimum atomic E-state index is 0.359. The van der Waals surface area contributed by atoms with Gasteiger partial charge in [0.15, 0.2) is 4.34 Å². The first-order valence-corrected chi connectivity index (χ1v) is 8.10. The molecule has 0 spiro atoms. The van der Waals surface area contributed by atoms with Gasteiger partial charge in [0.25, 0.3) is 0 Å². The molecule has 0 radical (unpaired) electrons. The van der Waals surface area contributed by atoms with Gasteiger partial charge in [-0.25, -0.2) is 4.98 Å². The van der Waals surface area contributed by atoms with Crippen LogP contribution in [0.15, 0.2) is 33.5 Å². The second kappa shape index (κ2) is 7.03. The van der Waals surface area contributed by atoms with Crippen molar-refractivity contribution in [2.75, 3.05) is 6.54 Å². The molecule has 0 amide bonds. The molecular weight excluding hydrogens is 274 g/mol. The lowest BCUT2D eigenvalue weighted by Gasteiger charge is -2.16. The Labute approximate surface area is 123 Å². The van der Waals surface area contributed by atoms with Gasteiger partial charge in [-0.15, -0.1) is 0 Å². The Balaban J connectivity index is 2.16. The molecule has 5 heteroatoms. The fourth-order valence-electron chi connectivity index (χ4n) is 1.82. The highest BCUT2D eigenvalue weighted by Crippen LogP contribution is 2.33. The van der Waals surface area contributed by atoms with Crippen molar-refractivity contribution in [1.29, 1.82) is 0 Å².